The molecule has 2 aromatic carbocycles. The lowest BCUT2D eigenvalue weighted by Gasteiger charge is -2.11. The Balaban J connectivity index is 2.10. The normalized spacial score (nSPS) is 11.6. The number of amides is 1. The molecular formula is C23H26N2O5S. The van der Waals surface area contributed by atoms with Gasteiger partial charge in [-0.15, -0.1) is 0 Å². The lowest BCUT2D eigenvalue weighted by molar-refractivity contribution is -0.141. The molecule has 3 aromatic rings. The van der Waals surface area contributed by atoms with Gasteiger partial charge in [0.25, 0.3) is 5.91 Å². The maximum absolute atomic E-state index is 13.0. The van der Waals surface area contributed by atoms with Crippen LogP contribution in [0.5, 0.6) is 11.5 Å². The summed E-state index contributed by atoms with van der Waals surface area (Å²) >= 11 is 1.36. The van der Waals surface area contributed by atoms with E-state index in [4.69, 9.17) is 14.2 Å². The highest BCUT2D eigenvalue weighted by Gasteiger charge is 2.15. The molecule has 0 radical (unpaired) electrons. The molecule has 8 heteroatoms. The molecule has 0 unspecified atom stereocenters. The lowest BCUT2D eigenvalue weighted by atomic mass is 10.1. The van der Waals surface area contributed by atoms with Crippen molar-refractivity contribution in [2.75, 3.05) is 20.3 Å². The molecule has 0 atom stereocenters. The van der Waals surface area contributed by atoms with Gasteiger partial charge < -0.3 is 18.8 Å². The van der Waals surface area contributed by atoms with Gasteiger partial charge in [-0.3, -0.25) is 9.59 Å². The van der Waals surface area contributed by atoms with Crippen LogP contribution in [0.4, 0.5) is 0 Å². The van der Waals surface area contributed by atoms with Gasteiger partial charge in [-0.05, 0) is 69.2 Å². The number of methoxy groups -OCH3 is 1. The first kappa shape index (κ1) is 22.6. The zero-order valence-electron chi connectivity index (χ0n) is 18.4. The first-order chi connectivity index (χ1) is 14.9. The number of carbonyl (C=O) groups is 2. The Morgan fingerprint density at radius 3 is 2.35 bits per heavy atom. The van der Waals surface area contributed by atoms with Gasteiger partial charge in [-0.25, -0.2) is 0 Å². The predicted molar refractivity (Wildman–Crippen MR) is 120 cm³/mol. The quantitative estimate of drug-likeness (QED) is 0.516. The number of benzene rings is 2. The van der Waals surface area contributed by atoms with Gasteiger partial charge in [0.1, 0.15) is 6.54 Å². The third-order valence-corrected chi connectivity index (χ3v) is 5.84. The van der Waals surface area contributed by atoms with Crippen LogP contribution in [0.3, 0.4) is 0 Å². The van der Waals surface area contributed by atoms with Crippen molar-refractivity contribution < 1.29 is 23.8 Å². The number of carbonyl (C=O) groups excluding carboxylic acids is 2. The van der Waals surface area contributed by atoms with Gasteiger partial charge in [0, 0.05) is 5.56 Å². The molecule has 164 valence electrons. The van der Waals surface area contributed by atoms with Crippen LogP contribution in [0.1, 0.15) is 35.3 Å². The standard InChI is InChI=1S/C23H26N2O5S/c1-6-29-18-9-8-16(12-19(18)30-7-2)22(27)24-23-25(13-21(26)28-5)17-10-14(3)15(4)11-20(17)31-23/h8-12H,6-7,13H2,1-5H3. The van der Waals surface area contributed by atoms with Crippen LogP contribution in [-0.2, 0) is 16.1 Å². The minimum Gasteiger partial charge on any atom is -0.490 e. The molecule has 0 spiro atoms. The molecule has 0 fully saturated rings. The topological polar surface area (TPSA) is 79.1 Å². The van der Waals surface area contributed by atoms with Gasteiger partial charge >= 0.3 is 5.97 Å². The number of fused-ring (bicyclic) bond motifs is 1. The number of rotatable bonds is 7. The fraction of sp³-hybridized carbons (Fsp3) is 0.348. The predicted octanol–water partition coefficient (Wildman–Crippen LogP) is 4.03. The van der Waals surface area contributed by atoms with Crippen LogP contribution < -0.4 is 14.3 Å². The summed E-state index contributed by atoms with van der Waals surface area (Å²) in [7, 11) is 1.34. The minimum absolute atomic E-state index is 0.0292. The van der Waals surface area contributed by atoms with E-state index in [1.165, 1.54) is 18.4 Å². The number of nitrogens with zero attached hydrogens (tertiary/aromatic N) is 2. The average Bonchev–Trinajstić information content (AvgIpc) is 3.05. The van der Waals surface area contributed by atoms with Crippen LogP contribution >= 0.6 is 11.3 Å². The number of aromatic nitrogens is 1. The number of esters is 1. The van der Waals surface area contributed by atoms with E-state index in [1.807, 2.05) is 39.8 Å². The largest absolute Gasteiger partial charge is 0.490 e. The smallest absolute Gasteiger partial charge is 0.325 e. The Hall–Kier alpha value is -3.13. The molecule has 0 bridgehead atoms. The van der Waals surface area contributed by atoms with Crippen molar-refractivity contribution in [1.29, 1.82) is 0 Å². The van der Waals surface area contributed by atoms with Crippen molar-refractivity contribution in [1.82, 2.24) is 4.57 Å². The van der Waals surface area contributed by atoms with E-state index in [-0.39, 0.29) is 6.54 Å². The van der Waals surface area contributed by atoms with Crippen LogP contribution in [0.25, 0.3) is 10.2 Å². The van der Waals surface area contributed by atoms with Crippen LogP contribution in [0.2, 0.25) is 0 Å². The molecular weight excluding hydrogens is 416 g/mol. The minimum atomic E-state index is -0.428. The van der Waals surface area contributed by atoms with Crippen LogP contribution in [-0.4, -0.2) is 36.8 Å². The highest BCUT2D eigenvalue weighted by atomic mass is 32.1. The molecule has 31 heavy (non-hydrogen) atoms. The summed E-state index contributed by atoms with van der Waals surface area (Å²) in [5, 5.41) is 0. The second-order valence-corrected chi connectivity index (χ2v) is 7.90. The third kappa shape index (κ3) is 4.96. The molecule has 7 nitrogen and oxygen atoms in total. The van der Waals surface area contributed by atoms with Crippen LogP contribution in [0, 0.1) is 13.8 Å². The molecule has 0 saturated carbocycles. The zero-order valence-corrected chi connectivity index (χ0v) is 19.2. The first-order valence-electron chi connectivity index (χ1n) is 10.0. The van der Waals surface area contributed by atoms with E-state index >= 15 is 0 Å². The molecule has 0 aliphatic heterocycles. The Morgan fingerprint density at radius 2 is 1.68 bits per heavy atom. The monoisotopic (exact) mass is 442 g/mol. The van der Waals surface area contributed by atoms with E-state index in [2.05, 4.69) is 4.99 Å². The number of hydrogen-bond acceptors (Lipinski definition) is 6. The van der Waals surface area contributed by atoms with Gasteiger partial charge in [-0.1, -0.05) is 11.3 Å². The second-order valence-electron chi connectivity index (χ2n) is 6.90. The van der Waals surface area contributed by atoms with Crippen molar-refractivity contribution in [2.45, 2.75) is 34.2 Å². The van der Waals surface area contributed by atoms with Gasteiger partial charge in [0.2, 0.25) is 0 Å². The molecule has 1 amide bonds. The Morgan fingerprint density at radius 1 is 1.00 bits per heavy atom. The number of thiazole rings is 1. The van der Waals surface area contributed by atoms with Crippen LogP contribution in [0.15, 0.2) is 35.3 Å². The van der Waals surface area contributed by atoms with Gasteiger partial charge in [0.05, 0.1) is 30.5 Å². The number of hydrogen-bond donors (Lipinski definition) is 0. The number of aryl methyl sites for hydroxylation is 2. The third-order valence-electron chi connectivity index (χ3n) is 4.80. The highest BCUT2D eigenvalue weighted by molar-refractivity contribution is 7.16. The average molecular weight is 443 g/mol. The summed E-state index contributed by atoms with van der Waals surface area (Å²) in [4.78, 5) is 29.7. The summed E-state index contributed by atoms with van der Waals surface area (Å²) in [5.41, 5.74) is 3.44. The second kappa shape index (κ2) is 9.78. The maximum atomic E-state index is 13.0. The van der Waals surface area contributed by atoms with E-state index in [0.29, 0.717) is 35.1 Å². The molecule has 0 aliphatic rings. The Labute approximate surface area is 184 Å². The fourth-order valence-corrected chi connectivity index (χ4v) is 4.20. The fourth-order valence-electron chi connectivity index (χ4n) is 3.09. The summed E-state index contributed by atoms with van der Waals surface area (Å²) in [6, 6.07) is 9.03. The summed E-state index contributed by atoms with van der Waals surface area (Å²) in [5.74, 6) is 0.235. The van der Waals surface area contributed by atoms with Gasteiger partial charge in [-0.2, -0.15) is 4.99 Å². The van der Waals surface area contributed by atoms with Gasteiger partial charge in [0.15, 0.2) is 16.3 Å². The molecule has 0 N–H and O–H groups in total. The Bertz CT molecular complexity index is 1190. The molecule has 0 saturated heterocycles. The molecule has 0 aliphatic carbocycles. The van der Waals surface area contributed by atoms with Crippen molar-refractivity contribution in [2.24, 2.45) is 4.99 Å². The summed E-state index contributed by atoms with van der Waals surface area (Å²) in [6.45, 7) is 8.69. The van der Waals surface area contributed by atoms with Crippen molar-refractivity contribution in [3.05, 3.63) is 51.8 Å². The summed E-state index contributed by atoms with van der Waals surface area (Å²) in [6.07, 6.45) is 0. The SMILES string of the molecule is CCOc1ccc(C(=O)N=c2sc3cc(C)c(C)cc3n2CC(=O)OC)cc1OCC. The van der Waals surface area contributed by atoms with Crippen molar-refractivity contribution >= 4 is 33.4 Å². The number of ether oxygens (including phenoxy) is 3. The zero-order chi connectivity index (χ0) is 22.5. The van der Waals surface area contributed by atoms with Crippen molar-refractivity contribution in [3.8, 4) is 11.5 Å². The highest BCUT2D eigenvalue weighted by Crippen LogP contribution is 2.29. The lowest BCUT2D eigenvalue weighted by Crippen LogP contribution is -2.22. The Kier molecular flexibility index (Phi) is 7.12. The summed E-state index contributed by atoms with van der Waals surface area (Å²) < 4.78 is 18.7. The van der Waals surface area contributed by atoms with E-state index in [1.54, 1.807) is 22.8 Å². The molecule has 1 heterocycles. The molecule has 3 rings (SSSR count). The molecule has 1 aromatic heterocycles. The maximum Gasteiger partial charge on any atom is 0.325 e. The van der Waals surface area contributed by atoms with Crippen molar-refractivity contribution in [3.63, 3.8) is 0 Å². The first-order valence-corrected chi connectivity index (χ1v) is 10.9. The van der Waals surface area contributed by atoms with E-state index in [9.17, 15) is 9.59 Å². The van der Waals surface area contributed by atoms with E-state index in [0.717, 1.165) is 21.3 Å². The van der Waals surface area contributed by atoms with E-state index < -0.39 is 11.9 Å².